The van der Waals surface area contributed by atoms with E-state index in [4.69, 9.17) is 4.74 Å². The molecule has 1 nitrogen and oxygen atoms in total. The van der Waals surface area contributed by atoms with Crippen molar-refractivity contribution in [3.63, 3.8) is 0 Å². The lowest BCUT2D eigenvalue weighted by molar-refractivity contribution is 0.105. The predicted octanol–water partition coefficient (Wildman–Crippen LogP) is 4.02. The average molecular weight is 243 g/mol. The van der Waals surface area contributed by atoms with Crippen molar-refractivity contribution in [2.45, 2.75) is 32.8 Å². The second kappa shape index (κ2) is 4.14. The Morgan fingerprint density at radius 3 is 2.23 bits per heavy atom. The Hall–Kier alpha value is -0.500. The highest BCUT2D eigenvalue weighted by molar-refractivity contribution is 9.10. The van der Waals surface area contributed by atoms with Crippen LogP contribution in [0.2, 0.25) is 0 Å². The number of ether oxygens (including phenoxy) is 1. The van der Waals surface area contributed by atoms with Gasteiger partial charge in [-0.3, -0.25) is 0 Å². The van der Waals surface area contributed by atoms with Crippen molar-refractivity contribution in [2.24, 2.45) is 0 Å². The molecule has 0 amide bonds. The maximum absolute atomic E-state index is 5.79. The van der Waals surface area contributed by atoms with Gasteiger partial charge in [-0.2, -0.15) is 0 Å². The van der Waals surface area contributed by atoms with E-state index in [1.165, 1.54) is 0 Å². The van der Waals surface area contributed by atoms with E-state index in [0.717, 1.165) is 16.6 Å². The van der Waals surface area contributed by atoms with Gasteiger partial charge >= 0.3 is 0 Å². The molecule has 0 bridgehead atoms. The predicted molar refractivity (Wildman–Crippen MR) is 59.1 cm³/mol. The summed E-state index contributed by atoms with van der Waals surface area (Å²) in [6.45, 7) is 6.31. The number of rotatable bonds is 3. The fourth-order valence-corrected chi connectivity index (χ4v) is 1.16. The topological polar surface area (TPSA) is 9.23 Å². The molecular formula is C11H15BrO. The fourth-order valence-electron chi connectivity index (χ4n) is 0.894. The third kappa shape index (κ3) is 3.39. The van der Waals surface area contributed by atoms with E-state index in [1.54, 1.807) is 0 Å². The lowest BCUT2D eigenvalue weighted by atomic mass is 10.1. The standard InChI is InChI=1S/C11H15BrO/c1-4-11(2,3)13-10-7-5-9(12)6-8-10/h5-8H,4H2,1-3H3. The van der Waals surface area contributed by atoms with Crippen LogP contribution < -0.4 is 4.74 Å². The second-order valence-corrected chi connectivity index (χ2v) is 4.58. The van der Waals surface area contributed by atoms with Gasteiger partial charge in [0.05, 0.1) is 0 Å². The molecule has 0 aliphatic carbocycles. The van der Waals surface area contributed by atoms with Gasteiger partial charge in [0, 0.05) is 4.47 Å². The first kappa shape index (κ1) is 10.6. The largest absolute Gasteiger partial charge is 0.488 e. The van der Waals surface area contributed by atoms with Crippen LogP contribution in [0.5, 0.6) is 5.75 Å². The third-order valence-electron chi connectivity index (χ3n) is 2.06. The van der Waals surface area contributed by atoms with Gasteiger partial charge in [0.25, 0.3) is 0 Å². The minimum atomic E-state index is -0.0756. The van der Waals surface area contributed by atoms with E-state index >= 15 is 0 Å². The minimum Gasteiger partial charge on any atom is -0.488 e. The Morgan fingerprint density at radius 2 is 1.77 bits per heavy atom. The van der Waals surface area contributed by atoms with E-state index in [9.17, 15) is 0 Å². The fraction of sp³-hybridized carbons (Fsp3) is 0.455. The van der Waals surface area contributed by atoms with Crippen molar-refractivity contribution >= 4 is 15.9 Å². The number of halogens is 1. The minimum absolute atomic E-state index is 0.0756. The summed E-state index contributed by atoms with van der Waals surface area (Å²) in [6.07, 6.45) is 1.00. The van der Waals surface area contributed by atoms with Gasteiger partial charge in [-0.05, 0) is 44.5 Å². The van der Waals surface area contributed by atoms with Gasteiger partial charge in [0.2, 0.25) is 0 Å². The molecule has 0 aromatic heterocycles. The van der Waals surface area contributed by atoms with E-state index in [-0.39, 0.29) is 5.60 Å². The van der Waals surface area contributed by atoms with Gasteiger partial charge in [0.1, 0.15) is 11.4 Å². The number of benzene rings is 1. The molecule has 0 N–H and O–H groups in total. The zero-order valence-electron chi connectivity index (χ0n) is 8.30. The van der Waals surface area contributed by atoms with Crippen LogP contribution in [0.25, 0.3) is 0 Å². The van der Waals surface area contributed by atoms with Crippen LogP contribution in [0, 0.1) is 0 Å². The zero-order chi connectivity index (χ0) is 9.90. The molecule has 0 radical (unpaired) electrons. The quantitative estimate of drug-likeness (QED) is 0.779. The van der Waals surface area contributed by atoms with Crippen molar-refractivity contribution < 1.29 is 4.74 Å². The first-order valence-corrected chi connectivity index (χ1v) is 5.27. The van der Waals surface area contributed by atoms with Crippen LogP contribution in [0.1, 0.15) is 27.2 Å². The van der Waals surface area contributed by atoms with Crippen LogP contribution in [0.3, 0.4) is 0 Å². The Labute approximate surface area is 88.2 Å². The summed E-state index contributed by atoms with van der Waals surface area (Å²) in [4.78, 5) is 0. The maximum Gasteiger partial charge on any atom is 0.120 e. The SMILES string of the molecule is CCC(C)(C)Oc1ccc(Br)cc1. The molecule has 0 saturated heterocycles. The Kier molecular flexibility index (Phi) is 3.37. The molecule has 72 valence electrons. The molecule has 1 aromatic carbocycles. The van der Waals surface area contributed by atoms with Gasteiger partial charge in [-0.15, -0.1) is 0 Å². The van der Waals surface area contributed by atoms with Crippen LogP contribution in [0.15, 0.2) is 28.7 Å². The Balaban J connectivity index is 2.69. The third-order valence-corrected chi connectivity index (χ3v) is 2.59. The number of hydrogen-bond acceptors (Lipinski definition) is 1. The molecule has 0 unspecified atom stereocenters. The molecule has 0 atom stereocenters. The lowest BCUT2D eigenvalue weighted by Crippen LogP contribution is -2.26. The van der Waals surface area contributed by atoms with Crippen LogP contribution in [0.4, 0.5) is 0 Å². The second-order valence-electron chi connectivity index (χ2n) is 3.67. The van der Waals surface area contributed by atoms with E-state index in [1.807, 2.05) is 24.3 Å². The van der Waals surface area contributed by atoms with Crippen molar-refractivity contribution in [1.82, 2.24) is 0 Å². The summed E-state index contributed by atoms with van der Waals surface area (Å²) in [5, 5.41) is 0. The lowest BCUT2D eigenvalue weighted by Gasteiger charge is -2.24. The van der Waals surface area contributed by atoms with E-state index in [2.05, 4.69) is 36.7 Å². The first-order valence-electron chi connectivity index (χ1n) is 4.48. The summed E-state index contributed by atoms with van der Waals surface area (Å²) >= 11 is 3.39. The molecule has 0 spiro atoms. The maximum atomic E-state index is 5.79. The molecule has 0 aliphatic heterocycles. The van der Waals surface area contributed by atoms with Crippen LogP contribution in [-0.4, -0.2) is 5.60 Å². The van der Waals surface area contributed by atoms with Crippen LogP contribution >= 0.6 is 15.9 Å². The summed E-state index contributed by atoms with van der Waals surface area (Å²) in [5.74, 6) is 0.926. The zero-order valence-corrected chi connectivity index (χ0v) is 9.89. The molecule has 13 heavy (non-hydrogen) atoms. The van der Waals surface area contributed by atoms with Crippen molar-refractivity contribution in [3.8, 4) is 5.75 Å². The molecule has 0 fully saturated rings. The highest BCUT2D eigenvalue weighted by Gasteiger charge is 2.16. The highest BCUT2D eigenvalue weighted by Crippen LogP contribution is 2.22. The van der Waals surface area contributed by atoms with Crippen molar-refractivity contribution in [3.05, 3.63) is 28.7 Å². The Bertz CT molecular complexity index is 264. The first-order chi connectivity index (χ1) is 6.03. The van der Waals surface area contributed by atoms with Crippen molar-refractivity contribution in [2.75, 3.05) is 0 Å². The molecule has 1 aromatic rings. The monoisotopic (exact) mass is 242 g/mol. The molecule has 1 rings (SSSR count). The highest BCUT2D eigenvalue weighted by atomic mass is 79.9. The molecular weight excluding hydrogens is 228 g/mol. The average Bonchev–Trinajstić information content (AvgIpc) is 2.09. The van der Waals surface area contributed by atoms with Gasteiger partial charge < -0.3 is 4.74 Å². The molecule has 0 aliphatic rings. The summed E-state index contributed by atoms with van der Waals surface area (Å²) in [7, 11) is 0. The normalized spacial score (nSPS) is 11.4. The van der Waals surface area contributed by atoms with Gasteiger partial charge in [-0.25, -0.2) is 0 Å². The molecule has 2 heteroatoms. The molecule has 0 heterocycles. The van der Waals surface area contributed by atoms with Gasteiger partial charge in [0.15, 0.2) is 0 Å². The smallest absolute Gasteiger partial charge is 0.120 e. The van der Waals surface area contributed by atoms with E-state index < -0.39 is 0 Å². The number of hydrogen-bond donors (Lipinski definition) is 0. The summed E-state index contributed by atoms with van der Waals surface area (Å²) in [5.41, 5.74) is -0.0756. The summed E-state index contributed by atoms with van der Waals surface area (Å²) in [6, 6.07) is 7.92. The summed E-state index contributed by atoms with van der Waals surface area (Å²) < 4.78 is 6.86. The Morgan fingerprint density at radius 1 is 1.23 bits per heavy atom. The van der Waals surface area contributed by atoms with Crippen LogP contribution in [-0.2, 0) is 0 Å². The van der Waals surface area contributed by atoms with E-state index in [0.29, 0.717) is 0 Å². The van der Waals surface area contributed by atoms with Crippen molar-refractivity contribution in [1.29, 1.82) is 0 Å². The molecule has 0 saturated carbocycles. The van der Waals surface area contributed by atoms with Gasteiger partial charge in [-0.1, -0.05) is 22.9 Å².